The minimum Gasteiger partial charge on any atom is -0.491 e. The lowest BCUT2D eigenvalue weighted by Crippen LogP contribution is -2.50. The minimum absolute atomic E-state index is 0.0490. The van der Waals surface area contributed by atoms with E-state index in [0.29, 0.717) is 60.2 Å². The number of amides is 4. The average Bonchev–Trinajstić information content (AvgIpc) is 3.11. The molecule has 0 aromatic heterocycles. The van der Waals surface area contributed by atoms with E-state index in [-0.39, 0.29) is 17.8 Å². The molecular weight excluding hydrogens is 594 g/mol. The fourth-order valence-corrected chi connectivity index (χ4v) is 5.14. The lowest BCUT2D eigenvalue weighted by molar-refractivity contribution is 0.0990. The van der Waals surface area contributed by atoms with Crippen molar-refractivity contribution < 1.29 is 23.9 Å². The molecule has 1 aliphatic heterocycles. The summed E-state index contributed by atoms with van der Waals surface area (Å²) < 4.78 is 12.0. The number of likely N-dealkylation sites (N-methyl/N-ethyl adjacent to an activating group) is 1. The molecule has 1 saturated heterocycles. The first-order chi connectivity index (χ1) is 22.9. The molecule has 47 heavy (non-hydrogen) atoms. The number of hydrogen-bond donors (Lipinski definition) is 2. The Morgan fingerprint density at radius 1 is 0.766 bits per heavy atom. The molecule has 0 bridgehead atoms. The second kappa shape index (κ2) is 16.3. The molecule has 0 atom stereocenters. The molecular formula is C37H41N5O5. The Kier molecular flexibility index (Phi) is 11.4. The van der Waals surface area contributed by atoms with Crippen molar-refractivity contribution in [1.29, 1.82) is 0 Å². The number of hydrogen-bond acceptors (Lipinski definition) is 6. The van der Waals surface area contributed by atoms with Crippen LogP contribution in [-0.2, 0) is 6.61 Å². The lowest BCUT2D eigenvalue weighted by atomic mass is 10.1. The number of nitrogens with zero attached hydrogens (tertiary/aromatic N) is 3. The van der Waals surface area contributed by atoms with E-state index in [0.717, 1.165) is 31.7 Å². The smallest absolute Gasteiger partial charge is 0.317 e. The van der Waals surface area contributed by atoms with Gasteiger partial charge in [0, 0.05) is 51.0 Å². The average molecular weight is 636 g/mol. The molecule has 5 rings (SSSR count). The summed E-state index contributed by atoms with van der Waals surface area (Å²) in [6, 6.07) is 30.9. The number of nitrogens with one attached hydrogen (secondary N) is 2. The Morgan fingerprint density at radius 3 is 2.17 bits per heavy atom. The van der Waals surface area contributed by atoms with Crippen LogP contribution < -0.4 is 25.0 Å². The molecule has 1 aliphatic rings. The Bertz CT molecular complexity index is 1640. The van der Waals surface area contributed by atoms with Crippen molar-refractivity contribution in [2.45, 2.75) is 13.0 Å². The zero-order chi connectivity index (χ0) is 33.0. The Hall–Kier alpha value is -5.35. The van der Waals surface area contributed by atoms with Gasteiger partial charge in [0.15, 0.2) is 0 Å². The standard InChI is InChI=1S/C37H41N5O5/c1-40-22-24-42(25-23-40)37(45)38-21-10-26-46-34-16-9-7-14-32(34)41(2)36(44)29-17-19-30(20-18-29)39-35(43)31-13-6-8-15-33(31)47-27-28-11-4-3-5-12-28/h3-9,11-20H,10,21-27H2,1-2H3,(H,38,45)(H,39,43). The maximum absolute atomic E-state index is 13.4. The van der Waals surface area contributed by atoms with Crippen LogP contribution in [0.25, 0.3) is 0 Å². The third kappa shape index (κ3) is 9.11. The van der Waals surface area contributed by atoms with E-state index < -0.39 is 0 Å². The van der Waals surface area contributed by atoms with Gasteiger partial charge in [0.1, 0.15) is 18.1 Å². The van der Waals surface area contributed by atoms with Gasteiger partial charge in [-0.05, 0) is 67.6 Å². The van der Waals surface area contributed by atoms with E-state index in [9.17, 15) is 14.4 Å². The molecule has 244 valence electrons. The van der Waals surface area contributed by atoms with Crippen LogP contribution in [0, 0.1) is 0 Å². The van der Waals surface area contributed by atoms with Gasteiger partial charge in [0.05, 0.1) is 17.9 Å². The first-order valence-electron chi connectivity index (χ1n) is 15.8. The monoisotopic (exact) mass is 635 g/mol. The highest BCUT2D eigenvalue weighted by molar-refractivity contribution is 6.08. The fourth-order valence-electron chi connectivity index (χ4n) is 5.14. The van der Waals surface area contributed by atoms with Crippen molar-refractivity contribution in [2.75, 3.05) is 63.6 Å². The van der Waals surface area contributed by atoms with Crippen molar-refractivity contribution in [3.63, 3.8) is 0 Å². The Balaban J connectivity index is 1.12. The number of urea groups is 1. The maximum atomic E-state index is 13.4. The first-order valence-corrected chi connectivity index (χ1v) is 15.8. The molecule has 10 nitrogen and oxygen atoms in total. The summed E-state index contributed by atoms with van der Waals surface area (Å²) in [7, 11) is 3.75. The van der Waals surface area contributed by atoms with Gasteiger partial charge in [-0.2, -0.15) is 0 Å². The zero-order valence-corrected chi connectivity index (χ0v) is 26.9. The van der Waals surface area contributed by atoms with E-state index in [4.69, 9.17) is 9.47 Å². The zero-order valence-electron chi connectivity index (χ0n) is 26.9. The predicted molar refractivity (Wildman–Crippen MR) is 183 cm³/mol. The number of carbonyl (C=O) groups excluding carboxylic acids is 3. The number of carbonyl (C=O) groups is 3. The fraction of sp³-hybridized carbons (Fsp3) is 0.270. The van der Waals surface area contributed by atoms with E-state index in [2.05, 4.69) is 22.6 Å². The van der Waals surface area contributed by atoms with Gasteiger partial charge >= 0.3 is 6.03 Å². The molecule has 0 saturated carbocycles. The molecule has 4 aromatic rings. The summed E-state index contributed by atoms with van der Waals surface area (Å²) in [6.07, 6.45) is 0.627. The number of rotatable bonds is 12. The van der Waals surface area contributed by atoms with Crippen LogP contribution in [0.15, 0.2) is 103 Å². The second-order valence-corrected chi connectivity index (χ2v) is 11.4. The third-order valence-corrected chi connectivity index (χ3v) is 7.94. The number of piperazine rings is 1. The minimum atomic E-state index is -0.310. The number of para-hydroxylation sites is 3. The topological polar surface area (TPSA) is 103 Å². The summed E-state index contributed by atoms with van der Waals surface area (Å²) in [5, 5.41) is 5.86. The van der Waals surface area contributed by atoms with E-state index in [1.807, 2.05) is 65.6 Å². The SMILES string of the molecule is CN1CCN(C(=O)NCCCOc2ccccc2N(C)C(=O)c2ccc(NC(=O)c3ccccc3OCc3ccccc3)cc2)CC1. The number of ether oxygens (including phenoxy) is 2. The summed E-state index contributed by atoms with van der Waals surface area (Å²) in [5.74, 6) is 0.525. The van der Waals surface area contributed by atoms with Crippen LogP contribution in [-0.4, -0.2) is 81.1 Å². The van der Waals surface area contributed by atoms with Crippen molar-refractivity contribution in [3.8, 4) is 11.5 Å². The van der Waals surface area contributed by atoms with Crippen molar-refractivity contribution >= 4 is 29.2 Å². The van der Waals surface area contributed by atoms with Gasteiger partial charge in [-0.25, -0.2) is 4.79 Å². The normalized spacial score (nSPS) is 13.0. The van der Waals surface area contributed by atoms with Crippen LogP contribution in [0.2, 0.25) is 0 Å². The second-order valence-electron chi connectivity index (χ2n) is 11.4. The van der Waals surface area contributed by atoms with E-state index in [1.165, 1.54) is 0 Å². The number of anilines is 2. The molecule has 4 aromatic carbocycles. The van der Waals surface area contributed by atoms with Gasteiger partial charge in [0.2, 0.25) is 0 Å². The first kappa shape index (κ1) is 33.0. The van der Waals surface area contributed by atoms with Gasteiger partial charge in [-0.15, -0.1) is 0 Å². The number of benzene rings is 4. The van der Waals surface area contributed by atoms with Crippen LogP contribution in [0.4, 0.5) is 16.2 Å². The highest BCUT2D eigenvalue weighted by Gasteiger charge is 2.20. The molecule has 0 aliphatic carbocycles. The van der Waals surface area contributed by atoms with Crippen molar-refractivity contribution in [1.82, 2.24) is 15.1 Å². The van der Waals surface area contributed by atoms with Gasteiger partial charge in [0.25, 0.3) is 11.8 Å². The van der Waals surface area contributed by atoms with E-state index >= 15 is 0 Å². The molecule has 1 heterocycles. The van der Waals surface area contributed by atoms with Crippen LogP contribution >= 0.6 is 0 Å². The third-order valence-electron chi connectivity index (χ3n) is 7.94. The maximum Gasteiger partial charge on any atom is 0.317 e. The van der Waals surface area contributed by atoms with Gasteiger partial charge in [-0.1, -0.05) is 54.6 Å². The predicted octanol–water partition coefficient (Wildman–Crippen LogP) is 5.52. The summed E-state index contributed by atoms with van der Waals surface area (Å²) >= 11 is 0. The summed E-state index contributed by atoms with van der Waals surface area (Å²) in [6.45, 7) is 4.43. The van der Waals surface area contributed by atoms with E-state index in [1.54, 1.807) is 54.4 Å². The molecule has 0 spiro atoms. The lowest BCUT2D eigenvalue weighted by Gasteiger charge is -2.32. The highest BCUT2D eigenvalue weighted by atomic mass is 16.5. The van der Waals surface area contributed by atoms with Crippen LogP contribution in [0.5, 0.6) is 11.5 Å². The Labute approximate surface area is 275 Å². The van der Waals surface area contributed by atoms with Crippen LogP contribution in [0.3, 0.4) is 0 Å². The largest absolute Gasteiger partial charge is 0.491 e. The summed E-state index contributed by atoms with van der Waals surface area (Å²) in [5.41, 5.74) is 3.05. The quantitative estimate of drug-likeness (QED) is 0.199. The van der Waals surface area contributed by atoms with Gasteiger partial charge in [-0.3, -0.25) is 9.59 Å². The van der Waals surface area contributed by atoms with Crippen molar-refractivity contribution in [2.24, 2.45) is 0 Å². The molecule has 2 N–H and O–H groups in total. The Morgan fingerprint density at radius 2 is 1.43 bits per heavy atom. The van der Waals surface area contributed by atoms with Gasteiger partial charge < -0.3 is 34.8 Å². The molecule has 1 fully saturated rings. The molecule has 0 radical (unpaired) electrons. The summed E-state index contributed by atoms with van der Waals surface area (Å²) in [4.78, 5) is 44.5. The van der Waals surface area contributed by atoms with Crippen molar-refractivity contribution in [3.05, 3.63) is 120 Å². The molecule has 10 heteroatoms. The molecule has 0 unspecified atom stereocenters. The highest BCUT2D eigenvalue weighted by Crippen LogP contribution is 2.29. The van der Waals surface area contributed by atoms with Crippen LogP contribution in [0.1, 0.15) is 32.7 Å². The molecule has 4 amide bonds.